The predicted octanol–water partition coefficient (Wildman–Crippen LogP) is 16.3. The topological polar surface area (TPSA) is 0 Å². The summed E-state index contributed by atoms with van der Waals surface area (Å²) >= 11 is 16.1. The second-order valence-corrected chi connectivity index (χ2v) is 23.4. The molecule has 8 heterocycles. The summed E-state index contributed by atoms with van der Waals surface area (Å²) in [6, 6.07) is 19.9. The van der Waals surface area contributed by atoms with E-state index in [2.05, 4.69) is 90.1 Å². The Hall–Kier alpha value is -2.40. The quantitative estimate of drug-likeness (QED) is 0.167. The molecular weight excluding hydrogens is 761 g/mol. The third kappa shape index (κ3) is 3.84. The monoisotopic (exact) mass is 790 g/mol. The first kappa shape index (κ1) is 30.1. The number of aryl methyl sites for hydroxylation is 2. The van der Waals surface area contributed by atoms with Gasteiger partial charge in [0.2, 0.25) is 0 Å². The first-order valence-electron chi connectivity index (χ1n) is 17.3. The SMILES string of the molecule is Cc1cc2c(s1)-c1sc(-c3cc4c(s3)-c3sc(-c5cc6c(s5)-c5sc(-c7cc8c(s7)-c7sc(C)cc7C8C)cc5C6C)cc3C4C)cc1C2C. The molecule has 0 fully saturated rings. The lowest BCUT2D eigenvalue weighted by Crippen LogP contribution is -1.87. The van der Waals surface area contributed by atoms with E-state index in [1.54, 1.807) is 0 Å². The number of thiophene rings is 8. The van der Waals surface area contributed by atoms with E-state index in [1.807, 2.05) is 90.7 Å². The summed E-state index contributed by atoms with van der Waals surface area (Å²) in [7, 11) is 0. The maximum atomic E-state index is 2.53. The van der Waals surface area contributed by atoms with Crippen LogP contribution in [0.1, 0.15) is 106 Å². The molecule has 12 rings (SSSR count). The van der Waals surface area contributed by atoms with Gasteiger partial charge in [-0.2, -0.15) is 0 Å². The Bertz CT molecular complexity index is 2580. The van der Waals surface area contributed by atoms with Crippen LogP contribution in [-0.2, 0) is 0 Å². The second kappa shape index (κ2) is 10.2. The van der Waals surface area contributed by atoms with Crippen LogP contribution in [0.3, 0.4) is 0 Å². The molecule has 0 spiro atoms. The summed E-state index contributed by atoms with van der Waals surface area (Å²) in [4.78, 5) is 23.7. The van der Waals surface area contributed by atoms with Gasteiger partial charge in [-0.25, -0.2) is 0 Å². The Balaban J connectivity index is 0.870. The summed E-state index contributed by atoms with van der Waals surface area (Å²) in [5.41, 5.74) is 12.3. The van der Waals surface area contributed by atoms with Gasteiger partial charge in [0.1, 0.15) is 0 Å². The van der Waals surface area contributed by atoms with E-state index < -0.39 is 0 Å². The van der Waals surface area contributed by atoms with Crippen LogP contribution in [0.25, 0.3) is 68.3 Å². The van der Waals surface area contributed by atoms with Crippen LogP contribution in [0.15, 0.2) is 48.5 Å². The average molecular weight is 791 g/mol. The molecule has 0 radical (unpaired) electrons. The Morgan fingerprint density at radius 3 is 0.680 bits per heavy atom. The van der Waals surface area contributed by atoms with Gasteiger partial charge >= 0.3 is 0 Å². The van der Waals surface area contributed by atoms with E-state index >= 15 is 0 Å². The predicted molar refractivity (Wildman–Crippen MR) is 227 cm³/mol. The maximum Gasteiger partial charge on any atom is 0.0490 e. The van der Waals surface area contributed by atoms with Crippen LogP contribution in [0, 0.1) is 13.8 Å². The van der Waals surface area contributed by atoms with Crippen molar-refractivity contribution in [3.63, 3.8) is 0 Å². The van der Waals surface area contributed by atoms with Gasteiger partial charge < -0.3 is 0 Å². The molecule has 50 heavy (non-hydrogen) atoms. The molecule has 0 bridgehead atoms. The van der Waals surface area contributed by atoms with E-state index in [1.165, 1.54) is 123 Å². The Morgan fingerprint density at radius 1 is 0.280 bits per heavy atom. The summed E-state index contributed by atoms with van der Waals surface area (Å²) in [6.45, 7) is 14.1. The van der Waals surface area contributed by atoms with Crippen molar-refractivity contribution in [1.29, 1.82) is 0 Å². The lowest BCUT2D eigenvalue weighted by molar-refractivity contribution is 0.961. The number of rotatable bonds is 3. The molecule has 4 aliphatic rings. The third-order valence-corrected chi connectivity index (χ3v) is 21.9. The fraction of sp³-hybridized carbons (Fsp3) is 0.238. The minimum Gasteiger partial charge on any atom is -0.139 e. The Kier molecular flexibility index (Phi) is 6.12. The standard InChI is InChI=1S/C42H30S8/c1-15-7-21-17(3)23-9-29(45-37(23)35(21)43-15)31-11-25-19(5)27-13-33(49-41(27)39(25)47-31)34-14-28-20(6)26-12-32(48-40(26)42(28)50-34)30-10-24-18(4)22-8-16(2)44-36(22)38(24)46-30/h7-14,17-20H,1-6H3. The molecule has 4 aliphatic carbocycles. The average Bonchev–Trinajstić information content (AvgIpc) is 3.93. The third-order valence-electron chi connectivity index (χ3n) is 11.6. The van der Waals surface area contributed by atoms with Crippen LogP contribution in [0.5, 0.6) is 0 Å². The minimum absolute atomic E-state index is 0.453. The summed E-state index contributed by atoms with van der Waals surface area (Å²) in [5, 5.41) is 0. The molecule has 0 nitrogen and oxygen atoms in total. The normalized spacial score (nSPS) is 20.2. The number of hydrogen-bond acceptors (Lipinski definition) is 8. The highest BCUT2D eigenvalue weighted by molar-refractivity contribution is 7.32. The number of fused-ring (bicyclic) bond motifs is 12. The smallest absolute Gasteiger partial charge is 0.0490 e. The zero-order valence-electron chi connectivity index (χ0n) is 28.2. The molecule has 0 saturated heterocycles. The van der Waals surface area contributed by atoms with Crippen LogP contribution in [-0.4, -0.2) is 0 Å². The van der Waals surface area contributed by atoms with Crippen LogP contribution >= 0.6 is 90.7 Å². The maximum absolute atomic E-state index is 2.53. The van der Waals surface area contributed by atoms with Crippen molar-refractivity contribution in [2.45, 2.75) is 65.2 Å². The van der Waals surface area contributed by atoms with E-state index in [4.69, 9.17) is 0 Å². The van der Waals surface area contributed by atoms with Crippen LogP contribution in [0.2, 0.25) is 0 Å². The van der Waals surface area contributed by atoms with Crippen LogP contribution in [0.4, 0.5) is 0 Å². The molecule has 8 aromatic heterocycles. The van der Waals surface area contributed by atoms with Gasteiger partial charge in [0, 0.05) is 102 Å². The largest absolute Gasteiger partial charge is 0.139 e. The fourth-order valence-corrected chi connectivity index (χ4v) is 19.6. The van der Waals surface area contributed by atoms with Gasteiger partial charge in [0.15, 0.2) is 0 Å². The molecule has 4 unspecified atom stereocenters. The van der Waals surface area contributed by atoms with Gasteiger partial charge in [0.25, 0.3) is 0 Å². The molecule has 0 N–H and O–H groups in total. The van der Waals surface area contributed by atoms with E-state index in [0.717, 1.165) is 0 Å². The molecule has 0 saturated carbocycles. The van der Waals surface area contributed by atoms with Crippen molar-refractivity contribution in [3.8, 4) is 68.3 Å². The first-order valence-corrected chi connectivity index (χ1v) is 23.8. The van der Waals surface area contributed by atoms with Gasteiger partial charge in [0.05, 0.1) is 0 Å². The van der Waals surface area contributed by atoms with Crippen molar-refractivity contribution in [2.75, 3.05) is 0 Å². The second-order valence-electron chi connectivity index (χ2n) is 14.5. The van der Waals surface area contributed by atoms with Gasteiger partial charge in [-0.1, -0.05) is 27.7 Å². The van der Waals surface area contributed by atoms with Gasteiger partial charge in [-0.05, 0) is 107 Å². The Morgan fingerprint density at radius 2 is 0.460 bits per heavy atom. The molecule has 8 aromatic rings. The van der Waals surface area contributed by atoms with Gasteiger partial charge in [-0.3, -0.25) is 0 Å². The van der Waals surface area contributed by atoms with Crippen molar-refractivity contribution >= 4 is 90.7 Å². The van der Waals surface area contributed by atoms with Crippen molar-refractivity contribution < 1.29 is 0 Å². The summed E-state index contributed by atoms with van der Waals surface area (Å²) in [5.74, 6) is 1.93. The van der Waals surface area contributed by atoms with E-state index in [9.17, 15) is 0 Å². The molecule has 0 amide bonds. The molecule has 246 valence electrons. The first-order chi connectivity index (χ1) is 24.2. The highest BCUT2D eigenvalue weighted by atomic mass is 32.1. The molecular formula is C42H30S8. The van der Waals surface area contributed by atoms with Crippen LogP contribution < -0.4 is 0 Å². The minimum atomic E-state index is 0.453. The lowest BCUT2D eigenvalue weighted by atomic mass is 10.00. The molecule has 8 heteroatoms. The summed E-state index contributed by atoms with van der Waals surface area (Å²) < 4.78 is 0. The zero-order chi connectivity index (χ0) is 33.5. The van der Waals surface area contributed by atoms with E-state index in [-0.39, 0.29) is 0 Å². The van der Waals surface area contributed by atoms with Crippen molar-refractivity contribution in [3.05, 3.63) is 103 Å². The van der Waals surface area contributed by atoms with Crippen molar-refractivity contribution in [1.82, 2.24) is 0 Å². The molecule has 0 aromatic carbocycles. The fourth-order valence-electron chi connectivity index (χ4n) is 8.89. The van der Waals surface area contributed by atoms with Gasteiger partial charge in [-0.15, -0.1) is 90.7 Å². The zero-order valence-corrected chi connectivity index (χ0v) is 34.7. The highest BCUT2D eigenvalue weighted by Gasteiger charge is 2.37. The number of hydrogen-bond donors (Lipinski definition) is 0. The highest BCUT2D eigenvalue weighted by Crippen LogP contribution is 2.62. The van der Waals surface area contributed by atoms with Crippen molar-refractivity contribution in [2.24, 2.45) is 0 Å². The molecule has 0 aliphatic heterocycles. The van der Waals surface area contributed by atoms with E-state index in [0.29, 0.717) is 23.7 Å². The molecule has 4 atom stereocenters. The summed E-state index contributed by atoms with van der Waals surface area (Å²) in [6.07, 6.45) is 0. The lowest BCUT2D eigenvalue weighted by Gasteiger charge is -2.03. The Labute approximate surface area is 324 Å².